The molecule has 0 bridgehead atoms. The highest BCUT2D eigenvalue weighted by molar-refractivity contribution is 5.73. The average Bonchev–Trinajstić information content (AvgIpc) is 2.53. The number of carbonyl (C=O) groups is 2. The zero-order chi connectivity index (χ0) is 18.4. The molecule has 140 valence electrons. The van der Waals surface area contributed by atoms with E-state index in [1.165, 1.54) is 11.8 Å². The molecule has 7 atom stereocenters. The molecule has 24 heavy (non-hydrogen) atoms. The second kappa shape index (κ2) is 9.40. The Morgan fingerprint density at radius 1 is 1.38 bits per heavy atom. The lowest BCUT2D eigenvalue weighted by Crippen LogP contribution is -2.63. The summed E-state index contributed by atoms with van der Waals surface area (Å²) in [5.41, 5.74) is 5.80. The third-order valence-electron chi connectivity index (χ3n) is 3.97. The van der Waals surface area contributed by atoms with E-state index in [1.807, 2.05) is 0 Å². The van der Waals surface area contributed by atoms with Gasteiger partial charge in [0.15, 0.2) is 6.29 Å². The molecule has 0 spiro atoms. The maximum atomic E-state index is 11.7. The van der Waals surface area contributed by atoms with Gasteiger partial charge in [0.05, 0.1) is 18.8 Å². The molecule has 1 heterocycles. The molecule has 1 saturated heterocycles. The summed E-state index contributed by atoms with van der Waals surface area (Å²) in [6.07, 6.45) is -4.29. The normalized spacial score (nSPS) is 32.9. The van der Waals surface area contributed by atoms with Crippen LogP contribution >= 0.6 is 0 Å². The van der Waals surface area contributed by atoms with Gasteiger partial charge < -0.3 is 40.2 Å². The van der Waals surface area contributed by atoms with Gasteiger partial charge in [-0.3, -0.25) is 4.79 Å². The molecule has 1 aliphatic heterocycles. The topological polar surface area (TPSA) is 143 Å². The predicted octanol–water partition coefficient (Wildman–Crippen LogP) is -2.16. The van der Waals surface area contributed by atoms with Gasteiger partial charge in [0.1, 0.15) is 24.6 Å². The number of ether oxygens (including phenoxy) is 2. The minimum Gasteiger partial charge on any atom is -0.394 e. The van der Waals surface area contributed by atoms with Gasteiger partial charge in [-0.05, 0) is 6.92 Å². The van der Waals surface area contributed by atoms with Gasteiger partial charge in [0.25, 0.3) is 0 Å². The second-order valence-corrected chi connectivity index (χ2v) is 6.26. The van der Waals surface area contributed by atoms with Gasteiger partial charge in [-0.15, -0.1) is 0 Å². The number of amides is 1. The minimum atomic E-state index is -1.37. The van der Waals surface area contributed by atoms with Crippen molar-refractivity contribution < 1.29 is 34.4 Å². The summed E-state index contributed by atoms with van der Waals surface area (Å²) in [6.45, 7) is 4.76. The van der Waals surface area contributed by atoms with Crippen LogP contribution in [-0.4, -0.2) is 88.9 Å². The molecule has 9 heteroatoms. The average molecular weight is 348 g/mol. The molecular formula is C15H28N2O7. The molecule has 2 unspecified atom stereocenters. The molecule has 1 amide bonds. The summed E-state index contributed by atoms with van der Waals surface area (Å²) in [4.78, 5) is 23.9. The highest BCUT2D eigenvalue weighted by Gasteiger charge is 2.44. The SMILES string of the molecule is CC(=O)N(CC(C)C=O)CC(C)O[C@@H]1[C@@H](N)[C@@H](O)O[C@H](CO)[C@H]1O. The number of hydrogen-bond acceptors (Lipinski definition) is 8. The molecule has 0 aromatic rings. The fourth-order valence-electron chi connectivity index (χ4n) is 2.62. The first-order valence-corrected chi connectivity index (χ1v) is 7.95. The molecule has 1 fully saturated rings. The van der Waals surface area contributed by atoms with Crippen LogP contribution in [-0.2, 0) is 19.1 Å². The monoisotopic (exact) mass is 348 g/mol. The van der Waals surface area contributed by atoms with Gasteiger partial charge in [0, 0.05) is 25.9 Å². The Bertz CT molecular complexity index is 423. The van der Waals surface area contributed by atoms with Crippen molar-refractivity contribution in [2.75, 3.05) is 19.7 Å². The highest BCUT2D eigenvalue weighted by Crippen LogP contribution is 2.22. The van der Waals surface area contributed by atoms with E-state index in [0.29, 0.717) is 0 Å². The van der Waals surface area contributed by atoms with E-state index < -0.39 is 43.4 Å². The van der Waals surface area contributed by atoms with E-state index in [9.17, 15) is 24.9 Å². The molecule has 9 nitrogen and oxygen atoms in total. The zero-order valence-corrected chi connectivity index (χ0v) is 14.2. The van der Waals surface area contributed by atoms with Gasteiger partial charge in [-0.1, -0.05) is 6.92 Å². The fraction of sp³-hybridized carbons (Fsp3) is 0.867. The summed E-state index contributed by atoms with van der Waals surface area (Å²) >= 11 is 0. The van der Waals surface area contributed by atoms with Crippen molar-refractivity contribution >= 4 is 12.2 Å². The van der Waals surface area contributed by atoms with E-state index in [1.54, 1.807) is 13.8 Å². The number of aldehydes is 1. The molecule has 0 aromatic heterocycles. The molecule has 0 aliphatic carbocycles. The van der Waals surface area contributed by atoms with E-state index in [-0.39, 0.29) is 24.9 Å². The summed E-state index contributed by atoms with van der Waals surface area (Å²) in [5, 5.41) is 29.1. The van der Waals surface area contributed by atoms with E-state index in [0.717, 1.165) is 6.29 Å². The van der Waals surface area contributed by atoms with Crippen LogP contribution in [0.25, 0.3) is 0 Å². The molecule has 0 aromatic carbocycles. The Hall–Kier alpha value is -1.10. The van der Waals surface area contributed by atoms with Crippen LogP contribution in [0.5, 0.6) is 0 Å². The lowest BCUT2D eigenvalue weighted by molar-refractivity contribution is -0.263. The lowest BCUT2D eigenvalue weighted by Gasteiger charge is -2.42. The molecular weight excluding hydrogens is 320 g/mol. The van der Waals surface area contributed by atoms with Crippen molar-refractivity contribution in [1.29, 1.82) is 0 Å². The zero-order valence-electron chi connectivity index (χ0n) is 14.2. The number of nitrogens with two attached hydrogens (primary N) is 1. The number of nitrogens with zero attached hydrogens (tertiary/aromatic N) is 1. The van der Waals surface area contributed by atoms with Crippen molar-refractivity contribution in [3.8, 4) is 0 Å². The molecule has 5 N–H and O–H groups in total. The van der Waals surface area contributed by atoms with Crippen LogP contribution in [0.2, 0.25) is 0 Å². The quantitative estimate of drug-likeness (QED) is 0.363. The van der Waals surface area contributed by atoms with Crippen molar-refractivity contribution in [3.63, 3.8) is 0 Å². The molecule has 1 rings (SSSR count). The number of aliphatic hydroxyl groups excluding tert-OH is 3. The van der Waals surface area contributed by atoms with Crippen LogP contribution in [0.1, 0.15) is 20.8 Å². The molecule has 0 radical (unpaired) electrons. The fourth-order valence-corrected chi connectivity index (χ4v) is 2.62. The van der Waals surface area contributed by atoms with Gasteiger partial charge in [-0.25, -0.2) is 0 Å². The van der Waals surface area contributed by atoms with Crippen LogP contribution in [0, 0.1) is 5.92 Å². The highest BCUT2D eigenvalue weighted by atomic mass is 16.6. The van der Waals surface area contributed by atoms with Crippen LogP contribution < -0.4 is 5.73 Å². The van der Waals surface area contributed by atoms with Crippen LogP contribution in [0.15, 0.2) is 0 Å². The molecule has 0 saturated carbocycles. The third-order valence-corrected chi connectivity index (χ3v) is 3.97. The van der Waals surface area contributed by atoms with E-state index in [4.69, 9.17) is 15.2 Å². The summed E-state index contributed by atoms with van der Waals surface area (Å²) in [6, 6.07) is -0.995. The first-order chi connectivity index (χ1) is 11.2. The first kappa shape index (κ1) is 20.9. The lowest BCUT2D eigenvalue weighted by atomic mass is 9.97. The predicted molar refractivity (Wildman–Crippen MR) is 83.8 cm³/mol. The van der Waals surface area contributed by atoms with Crippen molar-refractivity contribution in [2.45, 2.75) is 57.5 Å². The maximum Gasteiger partial charge on any atom is 0.219 e. The van der Waals surface area contributed by atoms with E-state index >= 15 is 0 Å². The Morgan fingerprint density at radius 3 is 2.50 bits per heavy atom. The summed E-state index contributed by atoms with van der Waals surface area (Å²) in [5.74, 6) is -0.512. The van der Waals surface area contributed by atoms with Crippen LogP contribution in [0.3, 0.4) is 0 Å². The molecule has 1 aliphatic rings. The Kier molecular flexibility index (Phi) is 8.20. The summed E-state index contributed by atoms with van der Waals surface area (Å²) < 4.78 is 10.7. The standard InChI is InChI=1S/C15H28N2O7/c1-8(6-18)4-17(10(3)20)5-9(2)23-14-12(16)15(22)24-11(7-19)13(14)21/h6,8-9,11-15,19,21-22H,4-5,7,16H2,1-3H3/t8?,9?,11-,12-,13-,14-,15+/m1/s1. The van der Waals surface area contributed by atoms with Crippen molar-refractivity contribution in [2.24, 2.45) is 11.7 Å². The Labute approximate surface area is 141 Å². The summed E-state index contributed by atoms with van der Waals surface area (Å²) in [7, 11) is 0. The number of carbonyl (C=O) groups excluding carboxylic acids is 2. The van der Waals surface area contributed by atoms with Crippen molar-refractivity contribution in [1.82, 2.24) is 4.90 Å². The second-order valence-electron chi connectivity index (χ2n) is 6.26. The third kappa shape index (κ3) is 5.47. The smallest absolute Gasteiger partial charge is 0.219 e. The van der Waals surface area contributed by atoms with E-state index in [2.05, 4.69) is 0 Å². The van der Waals surface area contributed by atoms with Crippen LogP contribution in [0.4, 0.5) is 0 Å². The maximum absolute atomic E-state index is 11.7. The van der Waals surface area contributed by atoms with Gasteiger partial charge >= 0.3 is 0 Å². The largest absolute Gasteiger partial charge is 0.394 e. The van der Waals surface area contributed by atoms with Gasteiger partial charge in [-0.2, -0.15) is 0 Å². The van der Waals surface area contributed by atoms with Crippen molar-refractivity contribution in [3.05, 3.63) is 0 Å². The Balaban J connectivity index is 2.70. The Morgan fingerprint density at radius 2 is 2.00 bits per heavy atom. The number of hydrogen-bond donors (Lipinski definition) is 4. The first-order valence-electron chi connectivity index (χ1n) is 7.95. The van der Waals surface area contributed by atoms with Gasteiger partial charge in [0.2, 0.25) is 5.91 Å². The minimum absolute atomic E-state index is 0.199. The number of rotatable bonds is 8. The number of aliphatic hydroxyl groups is 3.